The Morgan fingerprint density at radius 2 is 1.71 bits per heavy atom. The van der Waals surface area contributed by atoms with Gasteiger partial charge >= 0.3 is 0 Å². The quantitative estimate of drug-likeness (QED) is 0.640. The summed E-state index contributed by atoms with van der Waals surface area (Å²) >= 11 is 5.95. The second-order valence-electron chi connectivity index (χ2n) is 7.14. The van der Waals surface area contributed by atoms with Crippen molar-refractivity contribution in [1.29, 1.82) is 0 Å². The summed E-state index contributed by atoms with van der Waals surface area (Å²) in [5.74, 6) is -0.0407. The molecule has 1 fully saturated rings. The lowest BCUT2D eigenvalue weighted by Gasteiger charge is -2.29. The van der Waals surface area contributed by atoms with Crippen LogP contribution in [0.15, 0.2) is 66.7 Å². The molecule has 4 rings (SSSR count). The molecule has 4 nitrogen and oxygen atoms in total. The van der Waals surface area contributed by atoms with E-state index in [9.17, 15) is 13.2 Å². The molecule has 3 aromatic carbocycles. The highest BCUT2D eigenvalue weighted by molar-refractivity contribution is 7.91. The van der Waals surface area contributed by atoms with Gasteiger partial charge in [0.1, 0.15) is 0 Å². The Labute approximate surface area is 169 Å². The first-order chi connectivity index (χ1) is 13.4. The first-order valence-corrected chi connectivity index (χ1v) is 11.4. The van der Waals surface area contributed by atoms with Gasteiger partial charge in [-0.3, -0.25) is 4.79 Å². The molecule has 144 valence electrons. The molecular weight excluding hydrogens is 394 g/mol. The maximum Gasteiger partial charge on any atom is 0.254 e. The van der Waals surface area contributed by atoms with Gasteiger partial charge in [-0.25, -0.2) is 8.42 Å². The summed E-state index contributed by atoms with van der Waals surface area (Å²) in [5.41, 5.74) is 1.51. The second-order valence-corrected chi connectivity index (χ2v) is 9.80. The Hall–Kier alpha value is -2.37. The van der Waals surface area contributed by atoms with Crippen LogP contribution in [0.1, 0.15) is 22.3 Å². The number of nitrogens with zero attached hydrogens (tertiary/aromatic N) is 1. The molecule has 28 heavy (non-hydrogen) atoms. The Bertz CT molecular complexity index is 1120. The highest BCUT2D eigenvalue weighted by Gasteiger charge is 2.35. The Kier molecular flexibility index (Phi) is 5.13. The topological polar surface area (TPSA) is 54.5 Å². The molecular formula is C22H20ClNO3S. The van der Waals surface area contributed by atoms with Crippen LogP contribution in [-0.4, -0.2) is 36.8 Å². The van der Waals surface area contributed by atoms with Crippen LogP contribution >= 0.6 is 11.6 Å². The number of carbonyl (C=O) groups is 1. The number of benzene rings is 3. The van der Waals surface area contributed by atoms with Gasteiger partial charge in [0.25, 0.3) is 5.91 Å². The highest BCUT2D eigenvalue weighted by Crippen LogP contribution is 2.26. The number of hydrogen-bond donors (Lipinski definition) is 0. The normalized spacial score (nSPS) is 18.2. The van der Waals surface area contributed by atoms with Gasteiger partial charge in [-0.05, 0) is 47.0 Å². The van der Waals surface area contributed by atoms with Gasteiger partial charge in [-0.15, -0.1) is 0 Å². The molecule has 6 heteroatoms. The van der Waals surface area contributed by atoms with Crippen LogP contribution in [0.3, 0.4) is 0 Å². The van der Waals surface area contributed by atoms with Crippen LogP contribution in [-0.2, 0) is 16.4 Å². The first kappa shape index (κ1) is 19.0. The van der Waals surface area contributed by atoms with E-state index < -0.39 is 9.84 Å². The van der Waals surface area contributed by atoms with Crippen LogP contribution in [0.2, 0.25) is 5.02 Å². The molecule has 1 atom stereocenters. The monoisotopic (exact) mass is 413 g/mol. The van der Waals surface area contributed by atoms with Crippen molar-refractivity contribution in [3.05, 3.63) is 82.9 Å². The van der Waals surface area contributed by atoms with E-state index in [0.717, 1.165) is 16.3 Å². The van der Waals surface area contributed by atoms with E-state index in [2.05, 4.69) is 0 Å². The fourth-order valence-corrected chi connectivity index (χ4v) is 5.62. The zero-order chi connectivity index (χ0) is 19.7. The molecule has 1 aliphatic heterocycles. The Balaban J connectivity index is 1.72. The minimum absolute atomic E-state index is 0.0110. The molecule has 3 aromatic rings. The van der Waals surface area contributed by atoms with Gasteiger partial charge in [0.15, 0.2) is 9.84 Å². The number of sulfone groups is 1. The summed E-state index contributed by atoms with van der Waals surface area (Å²) in [6.07, 6.45) is 0.465. The summed E-state index contributed by atoms with van der Waals surface area (Å²) in [7, 11) is -3.11. The predicted octanol–water partition coefficient (Wildman–Crippen LogP) is 4.32. The van der Waals surface area contributed by atoms with Crippen molar-refractivity contribution in [1.82, 2.24) is 4.90 Å². The molecule has 1 saturated heterocycles. The SMILES string of the molecule is O=C(c1ccc(Cl)cc1)N(Cc1cccc2ccccc12)[C@H]1CCS(=O)(=O)C1. The van der Waals surface area contributed by atoms with Gasteiger partial charge in [-0.2, -0.15) is 0 Å². The predicted molar refractivity (Wildman–Crippen MR) is 112 cm³/mol. The van der Waals surface area contributed by atoms with Crippen molar-refractivity contribution < 1.29 is 13.2 Å². The van der Waals surface area contributed by atoms with Crippen molar-refractivity contribution in [2.75, 3.05) is 11.5 Å². The Morgan fingerprint density at radius 1 is 1.00 bits per heavy atom. The van der Waals surface area contributed by atoms with Crippen LogP contribution in [0.4, 0.5) is 0 Å². The number of halogens is 1. The molecule has 1 heterocycles. The fourth-order valence-electron chi connectivity index (χ4n) is 3.76. The molecule has 0 bridgehead atoms. The summed E-state index contributed by atoms with van der Waals surface area (Å²) in [4.78, 5) is 15.0. The second kappa shape index (κ2) is 7.57. The van der Waals surface area contributed by atoms with E-state index in [1.165, 1.54) is 0 Å². The third-order valence-corrected chi connectivity index (χ3v) is 7.22. The Morgan fingerprint density at radius 3 is 2.43 bits per heavy atom. The molecule has 0 aromatic heterocycles. The zero-order valence-corrected chi connectivity index (χ0v) is 16.8. The number of hydrogen-bond acceptors (Lipinski definition) is 3. The van der Waals surface area contributed by atoms with Crippen molar-refractivity contribution in [2.24, 2.45) is 0 Å². The molecule has 0 saturated carbocycles. The molecule has 0 unspecified atom stereocenters. The van der Waals surface area contributed by atoms with Crippen molar-refractivity contribution in [2.45, 2.75) is 19.0 Å². The summed E-state index contributed by atoms with van der Waals surface area (Å²) < 4.78 is 24.1. The number of rotatable bonds is 4. The maximum atomic E-state index is 13.3. The van der Waals surface area contributed by atoms with Crippen LogP contribution in [0.5, 0.6) is 0 Å². The van der Waals surface area contributed by atoms with Crippen molar-refractivity contribution >= 4 is 38.1 Å². The third kappa shape index (κ3) is 3.91. The van der Waals surface area contributed by atoms with Crippen LogP contribution in [0.25, 0.3) is 10.8 Å². The first-order valence-electron chi connectivity index (χ1n) is 9.16. The number of fused-ring (bicyclic) bond motifs is 1. The van der Waals surface area contributed by atoms with E-state index in [1.54, 1.807) is 29.2 Å². The van der Waals surface area contributed by atoms with Gasteiger partial charge in [0.05, 0.1) is 11.5 Å². The average molecular weight is 414 g/mol. The average Bonchev–Trinajstić information content (AvgIpc) is 3.05. The smallest absolute Gasteiger partial charge is 0.254 e. The van der Waals surface area contributed by atoms with Gasteiger partial charge in [-0.1, -0.05) is 54.1 Å². The zero-order valence-electron chi connectivity index (χ0n) is 15.2. The molecule has 0 aliphatic carbocycles. The van der Waals surface area contributed by atoms with Gasteiger partial charge in [0, 0.05) is 23.2 Å². The summed E-state index contributed by atoms with van der Waals surface area (Å²) in [5, 5.41) is 2.72. The lowest BCUT2D eigenvalue weighted by molar-refractivity contribution is 0.0682. The number of amides is 1. The standard InChI is InChI=1S/C22H20ClNO3S/c23-19-10-8-17(9-11-19)22(25)24(20-12-13-28(26,27)15-20)14-18-6-3-5-16-4-1-2-7-21(16)18/h1-11,20H,12-15H2/t20-/m0/s1. The van der Waals surface area contributed by atoms with Gasteiger partial charge in [0.2, 0.25) is 0 Å². The van der Waals surface area contributed by atoms with E-state index in [1.807, 2.05) is 42.5 Å². The molecule has 0 N–H and O–H groups in total. The van der Waals surface area contributed by atoms with E-state index in [0.29, 0.717) is 23.6 Å². The van der Waals surface area contributed by atoms with E-state index in [-0.39, 0.29) is 23.5 Å². The van der Waals surface area contributed by atoms with Crippen LogP contribution in [0, 0.1) is 0 Å². The largest absolute Gasteiger partial charge is 0.330 e. The molecule has 0 spiro atoms. The molecule has 0 radical (unpaired) electrons. The van der Waals surface area contributed by atoms with Crippen molar-refractivity contribution in [3.63, 3.8) is 0 Å². The van der Waals surface area contributed by atoms with E-state index >= 15 is 0 Å². The minimum Gasteiger partial charge on any atom is -0.330 e. The summed E-state index contributed by atoms with van der Waals surface area (Å²) in [6.45, 7) is 0.364. The lowest BCUT2D eigenvalue weighted by atomic mass is 10.0. The number of carbonyl (C=O) groups excluding carboxylic acids is 1. The molecule has 1 amide bonds. The fraction of sp³-hybridized carbons (Fsp3) is 0.227. The summed E-state index contributed by atoms with van der Waals surface area (Å²) in [6, 6.07) is 20.4. The van der Waals surface area contributed by atoms with Crippen LogP contribution < -0.4 is 0 Å². The maximum absolute atomic E-state index is 13.3. The van der Waals surface area contributed by atoms with Gasteiger partial charge < -0.3 is 4.90 Å². The highest BCUT2D eigenvalue weighted by atomic mass is 35.5. The third-order valence-electron chi connectivity index (χ3n) is 5.22. The lowest BCUT2D eigenvalue weighted by Crippen LogP contribution is -2.40. The van der Waals surface area contributed by atoms with Crippen molar-refractivity contribution in [3.8, 4) is 0 Å². The van der Waals surface area contributed by atoms with E-state index in [4.69, 9.17) is 11.6 Å². The minimum atomic E-state index is -3.11. The molecule has 1 aliphatic rings.